The van der Waals surface area contributed by atoms with E-state index in [1.54, 1.807) is 18.2 Å². The smallest absolute Gasteiger partial charge is 0.240 e. The Morgan fingerprint density at radius 1 is 0.926 bits per heavy atom. The molecule has 27 heavy (non-hydrogen) atoms. The molecule has 2 aromatic rings. The monoisotopic (exact) mass is 376 g/mol. The van der Waals surface area contributed by atoms with Crippen LogP contribution in [0.1, 0.15) is 12.8 Å². The summed E-state index contributed by atoms with van der Waals surface area (Å²) >= 11 is 0. The van der Waals surface area contributed by atoms with Gasteiger partial charge in [0.15, 0.2) is 11.5 Å². The molecule has 1 aliphatic rings. The van der Waals surface area contributed by atoms with Crippen LogP contribution in [0.3, 0.4) is 0 Å². The van der Waals surface area contributed by atoms with E-state index in [2.05, 4.69) is 10.6 Å². The molecule has 2 N–H and O–H groups in total. The lowest BCUT2D eigenvalue weighted by Crippen LogP contribution is -2.35. The van der Waals surface area contributed by atoms with Crippen molar-refractivity contribution in [3.05, 3.63) is 48.0 Å². The first-order valence-corrected chi connectivity index (χ1v) is 8.19. The van der Waals surface area contributed by atoms with Crippen molar-refractivity contribution in [3.8, 4) is 11.5 Å². The fourth-order valence-corrected chi connectivity index (χ4v) is 2.68. The zero-order valence-electron chi connectivity index (χ0n) is 14.8. The fourth-order valence-electron chi connectivity index (χ4n) is 2.68. The molecule has 0 radical (unpaired) electrons. The predicted octanol–water partition coefficient (Wildman–Crippen LogP) is 3.34. The standard InChI is InChI=1S/C19H18F2N2O4/c1-26-15-6-4-12(10-16(15)27-2)22-17(24)19(7-8-19)18(25)23-14-5-3-11(20)9-13(14)21/h3-6,9-10H,7-8H2,1-2H3,(H,22,24)(H,23,25). The molecule has 0 aromatic heterocycles. The Hall–Kier alpha value is -3.16. The number of rotatable bonds is 6. The van der Waals surface area contributed by atoms with Crippen molar-refractivity contribution in [1.82, 2.24) is 0 Å². The number of carbonyl (C=O) groups excluding carboxylic acids is 2. The van der Waals surface area contributed by atoms with Crippen LogP contribution in [0.15, 0.2) is 36.4 Å². The highest BCUT2D eigenvalue weighted by Gasteiger charge is 2.56. The van der Waals surface area contributed by atoms with Crippen molar-refractivity contribution < 1.29 is 27.8 Å². The van der Waals surface area contributed by atoms with E-state index in [0.29, 0.717) is 36.1 Å². The molecular formula is C19H18F2N2O4. The van der Waals surface area contributed by atoms with Crippen LogP contribution in [-0.2, 0) is 9.59 Å². The molecule has 142 valence electrons. The summed E-state index contributed by atoms with van der Waals surface area (Å²) in [5.74, 6) is -1.86. The predicted molar refractivity (Wildman–Crippen MR) is 94.8 cm³/mol. The molecule has 2 amide bonds. The summed E-state index contributed by atoms with van der Waals surface area (Å²) in [4.78, 5) is 25.1. The average Bonchev–Trinajstić information content (AvgIpc) is 3.46. The second kappa shape index (κ2) is 7.22. The number of methoxy groups -OCH3 is 2. The zero-order valence-corrected chi connectivity index (χ0v) is 14.8. The Labute approximate surface area is 154 Å². The number of benzene rings is 2. The number of hydrogen-bond donors (Lipinski definition) is 2. The highest BCUT2D eigenvalue weighted by Crippen LogP contribution is 2.47. The van der Waals surface area contributed by atoms with E-state index in [1.807, 2.05) is 0 Å². The van der Waals surface area contributed by atoms with Gasteiger partial charge in [-0.2, -0.15) is 0 Å². The second-order valence-corrected chi connectivity index (χ2v) is 6.18. The third-order valence-corrected chi connectivity index (χ3v) is 4.44. The molecule has 0 heterocycles. The van der Waals surface area contributed by atoms with Crippen LogP contribution in [0.5, 0.6) is 11.5 Å². The van der Waals surface area contributed by atoms with E-state index in [1.165, 1.54) is 14.2 Å². The van der Waals surface area contributed by atoms with Crippen molar-refractivity contribution in [1.29, 1.82) is 0 Å². The molecule has 0 bridgehead atoms. The van der Waals surface area contributed by atoms with Crippen molar-refractivity contribution in [3.63, 3.8) is 0 Å². The molecule has 0 atom stereocenters. The number of ether oxygens (including phenoxy) is 2. The molecule has 0 unspecified atom stereocenters. The van der Waals surface area contributed by atoms with Crippen LogP contribution >= 0.6 is 0 Å². The van der Waals surface area contributed by atoms with Crippen molar-refractivity contribution in [2.75, 3.05) is 24.9 Å². The fraction of sp³-hybridized carbons (Fsp3) is 0.263. The lowest BCUT2D eigenvalue weighted by Gasteiger charge is -2.16. The molecule has 8 heteroatoms. The van der Waals surface area contributed by atoms with Gasteiger partial charge in [0, 0.05) is 17.8 Å². The van der Waals surface area contributed by atoms with Gasteiger partial charge < -0.3 is 20.1 Å². The van der Waals surface area contributed by atoms with E-state index in [-0.39, 0.29) is 5.69 Å². The maximum Gasteiger partial charge on any atom is 0.240 e. The number of amides is 2. The topological polar surface area (TPSA) is 76.7 Å². The van der Waals surface area contributed by atoms with Crippen molar-refractivity contribution >= 4 is 23.2 Å². The van der Waals surface area contributed by atoms with Gasteiger partial charge in [0.25, 0.3) is 0 Å². The maximum absolute atomic E-state index is 13.7. The van der Waals surface area contributed by atoms with E-state index >= 15 is 0 Å². The number of halogens is 2. The Kier molecular flexibility index (Phi) is 4.98. The molecule has 1 aliphatic carbocycles. The highest BCUT2D eigenvalue weighted by molar-refractivity contribution is 6.17. The van der Waals surface area contributed by atoms with Gasteiger partial charge in [-0.25, -0.2) is 8.78 Å². The summed E-state index contributed by atoms with van der Waals surface area (Å²) in [7, 11) is 2.96. The number of nitrogens with one attached hydrogen (secondary N) is 2. The Morgan fingerprint density at radius 3 is 2.19 bits per heavy atom. The molecule has 0 aliphatic heterocycles. The van der Waals surface area contributed by atoms with Crippen LogP contribution in [0.25, 0.3) is 0 Å². The zero-order chi connectivity index (χ0) is 19.6. The molecule has 3 rings (SSSR count). The summed E-state index contributed by atoms with van der Waals surface area (Å²) in [6, 6.07) is 7.63. The largest absolute Gasteiger partial charge is 0.493 e. The second-order valence-electron chi connectivity index (χ2n) is 6.18. The molecule has 2 aromatic carbocycles. The first-order valence-electron chi connectivity index (χ1n) is 8.19. The van der Waals surface area contributed by atoms with Gasteiger partial charge in [0.2, 0.25) is 11.8 Å². The normalized spacial score (nSPS) is 14.2. The van der Waals surface area contributed by atoms with E-state index in [4.69, 9.17) is 9.47 Å². The summed E-state index contributed by atoms with van der Waals surface area (Å²) < 4.78 is 37.0. The van der Waals surface area contributed by atoms with E-state index in [0.717, 1.165) is 12.1 Å². The number of anilines is 2. The molecule has 1 fully saturated rings. The van der Waals surface area contributed by atoms with E-state index < -0.39 is 28.9 Å². The van der Waals surface area contributed by atoms with Gasteiger partial charge in [-0.05, 0) is 37.1 Å². The Bertz CT molecular complexity index is 897. The van der Waals surface area contributed by atoms with Gasteiger partial charge >= 0.3 is 0 Å². The van der Waals surface area contributed by atoms with E-state index in [9.17, 15) is 18.4 Å². The lowest BCUT2D eigenvalue weighted by molar-refractivity contribution is -0.131. The molecular weight excluding hydrogens is 358 g/mol. The first-order chi connectivity index (χ1) is 12.9. The van der Waals surface area contributed by atoms with Gasteiger partial charge in [-0.1, -0.05) is 0 Å². The number of carbonyl (C=O) groups is 2. The summed E-state index contributed by atoms with van der Waals surface area (Å²) in [6.07, 6.45) is 0.668. The summed E-state index contributed by atoms with van der Waals surface area (Å²) in [6.45, 7) is 0. The third-order valence-electron chi connectivity index (χ3n) is 4.44. The van der Waals surface area contributed by atoms with Gasteiger partial charge in [-0.3, -0.25) is 9.59 Å². The first kappa shape index (κ1) is 18.6. The van der Waals surface area contributed by atoms with Gasteiger partial charge in [0.05, 0.1) is 19.9 Å². The van der Waals surface area contributed by atoms with Crippen LogP contribution in [0.4, 0.5) is 20.2 Å². The minimum Gasteiger partial charge on any atom is -0.493 e. The SMILES string of the molecule is COc1ccc(NC(=O)C2(C(=O)Nc3ccc(F)cc3F)CC2)cc1OC. The molecule has 6 nitrogen and oxygen atoms in total. The molecule has 1 saturated carbocycles. The molecule has 0 saturated heterocycles. The van der Waals surface area contributed by atoms with Gasteiger partial charge in [-0.15, -0.1) is 0 Å². The highest BCUT2D eigenvalue weighted by atomic mass is 19.1. The summed E-state index contributed by atoms with van der Waals surface area (Å²) in [5, 5.41) is 5.03. The van der Waals surface area contributed by atoms with Crippen molar-refractivity contribution in [2.24, 2.45) is 5.41 Å². The maximum atomic E-state index is 13.7. The third kappa shape index (κ3) is 3.69. The Morgan fingerprint density at radius 2 is 1.59 bits per heavy atom. The van der Waals surface area contributed by atoms with Crippen LogP contribution in [0, 0.1) is 17.0 Å². The van der Waals surface area contributed by atoms with Gasteiger partial charge in [0.1, 0.15) is 17.0 Å². The Balaban J connectivity index is 1.73. The quantitative estimate of drug-likeness (QED) is 0.758. The van der Waals surface area contributed by atoms with Crippen LogP contribution in [-0.4, -0.2) is 26.0 Å². The lowest BCUT2D eigenvalue weighted by atomic mass is 10.0. The van der Waals surface area contributed by atoms with Crippen LogP contribution < -0.4 is 20.1 Å². The average molecular weight is 376 g/mol. The van der Waals surface area contributed by atoms with Crippen molar-refractivity contribution in [2.45, 2.75) is 12.8 Å². The van der Waals surface area contributed by atoms with Crippen LogP contribution in [0.2, 0.25) is 0 Å². The summed E-state index contributed by atoms with van der Waals surface area (Å²) in [5.41, 5.74) is -1.02. The minimum atomic E-state index is -1.28. The number of hydrogen-bond acceptors (Lipinski definition) is 4. The minimum absolute atomic E-state index is 0.174. The molecule has 0 spiro atoms.